The molecule has 0 aliphatic rings. The molecule has 0 radical (unpaired) electrons. The van der Waals surface area contributed by atoms with Crippen molar-refractivity contribution in [2.45, 2.75) is 105 Å². The number of benzene rings is 2. The molecule has 0 fully saturated rings. The predicted molar refractivity (Wildman–Crippen MR) is 175 cm³/mol. The highest BCUT2D eigenvalue weighted by Crippen LogP contribution is 2.28. The van der Waals surface area contributed by atoms with Gasteiger partial charge in [-0.2, -0.15) is 11.8 Å². The number of alkyl carbamates (subject to hydrolysis) is 1. The quantitative estimate of drug-likeness (QED) is 0.205. The van der Waals surface area contributed by atoms with Gasteiger partial charge in [-0.1, -0.05) is 69.0 Å². The van der Waals surface area contributed by atoms with Crippen LogP contribution >= 0.6 is 11.8 Å². The zero-order valence-electron chi connectivity index (χ0n) is 26.8. The van der Waals surface area contributed by atoms with Crippen molar-refractivity contribution in [3.05, 3.63) is 64.7 Å². The largest absolute Gasteiger partial charge is 0.444 e. The highest BCUT2D eigenvalue weighted by Gasteiger charge is 2.36. The third-order valence-electron chi connectivity index (χ3n) is 7.20. The zero-order valence-corrected chi connectivity index (χ0v) is 27.7. The van der Waals surface area contributed by atoms with Crippen LogP contribution in [0.5, 0.6) is 0 Å². The average Bonchev–Trinajstić information content (AvgIpc) is 2.92. The average molecular weight is 598 g/mol. The van der Waals surface area contributed by atoms with Crippen LogP contribution in [0.25, 0.3) is 0 Å². The Bertz CT molecular complexity index is 1180. The minimum Gasteiger partial charge on any atom is -0.444 e. The van der Waals surface area contributed by atoms with Crippen molar-refractivity contribution in [2.75, 3.05) is 23.9 Å². The van der Waals surface area contributed by atoms with Gasteiger partial charge in [-0.25, -0.2) is 4.79 Å². The van der Waals surface area contributed by atoms with Gasteiger partial charge >= 0.3 is 6.09 Å². The van der Waals surface area contributed by atoms with Gasteiger partial charge in [-0.15, -0.1) is 0 Å². The number of amides is 3. The van der Waals surface area contributed by atoms with Crippen molar-refractivity contribution in [1.82, 2.24) is 10.2 Å². The van der Waals surface area contributed by atoms with E-state index in [1.54, 1.807) is 37.4 Å². The summed E-state index contributed by atoms with van der Waals surface area (Å²) in [6, 6.07) is 11.8. The van der Waals surface area contributed by atoms with Crippen molar-refractivity contribution in [3.8, 4) is 0 Å². The van der Waals surface area contributed by atoms with Crippen molar-refractivity contribution in [2.24, 2.45) is 0 Å². The number of ether oxygens (including phenoxy) is 1. The summed E-state index contributed by atoms with van der Waals surface area (Å²) in [5.41, 5.74) is 3.84. The van der Waals surface area contributed by atoms with E-state index in [2.05, 4.69) is 17.6 Å². The summed E-state index contributed by atoms with van der Waals surface area (Å²) >= 11 is 1.60. The number of rotatable bonds is 15. The molecule has 2 atom stereocenters. The molecule has 0 bridgehead atoms. The van der Waals surface area contributed by atoms with Crippen LogP contribution in [0.1, 0.15) is 94.5 Å². The maximum absolute atomic E-state index is 14.4. The van der Waals surface area contributed by atoms with E-state index in [-0.39, 0.29) is 11.8 Å². The van der Waals surface area contributed by atoms with Crippen LogP contribution in [-0.2, 0) is 14.3 Å². The summed E-state index contributed by atoms with van der Waals surface area (Å²) < 4.78 is 5.51. The Kier molecular flexibility index (Phi) is 14.4. The minimum atomic E-state index is -0.875. The van der Waals surface area contributed by atoms with E-state index in [1.165, 1.54) is 0 Å². The van der Waals surface area contributed by atoms with Gasteiger partial charge in [0.2, 0.25) is 5.91 Å². The van der Waals surface area contributed by atoms with Crippen LogP contribution in [0.3, 0.4) is 0 Å². The van der Waals surface area contributed by atoms with Gasteiger partial charge in [0.25, 0.3) is 5.91 Å². The molecular formula is C34H51N3O4S. The van der Waals surface area contributed by atoms with Gasteiger partial charge in [0.05, 0.1) is 0 Å². The first-order valence-electron chi connectivity index (χ1n) is 15.1. The monoisotopic (exact) mass is 597 g/mol. The molecule has 0 spiro atoms. The van der Waals surface area contributed by atoms with E-state index in [1.807, 2.05) is 69.5 Å². The first-order valence-corrected chi connectivity index (χ1v) is 16.5. The Morgan fingerprint density at radius 3 is 2.24 bits per heavy atom. The number of hydrogen-bond acceptors (Lipinski definition) is 5. The summed E-state index contributed by atoms with van der Waals surface area (Å²) in [5.74, 6) is 0.101. The Morgan fingerprint density at radius 2 is 1.62 bits per heavy atom. The maximum atomic E-state index is 14.4. The molecule has 0 aliphatic carbocycles. The summed E-state index contributed by atoms with van der Waals surface area (Å²) in [6.45, 7) is 13.9. The fourth-order valence-electron chi connectivity index (χ4n) is 4.72. The molecule has 232 valence electrons. The maximum Gasteiger partial charge on any atom is 0.408 e. The molecule has 0 saturated carbocycles. The first-order chi connectivity index (χ1) is 19.9. The van der Waals surface area contributed by atoms with E-state index in [4.69, 9.17) is 4.74 Å². The molecule has 2 rings (SSSR count). The lowest BCUT2D eigenvalue weighted by atomic mass is 9.97. The molecule has 3 amide bonds. The van der Waals surface area contributed by atoms with Crippen molar-refractivity contribution in [1.29, 1.82) is 0 Å². The second kappa shape index (κ2) is 17.2. The van der Waals surface area contributed by atoms with E-state index in [0.29, 0.717) is 24.4 Å². The van der Waals surface area contributed by atoms with E-state index < -0.39 is 23.8 Å². The molecule has 2 aromatic carbocycles. The third kappa shape index (κ3) is 11.3. The minimum absolute atomic E-state index is 0.282. The number of thioether (sulfide) groups is 1. The molecule has 0 aliphatic heterocycles. The normalized spacial score (nSPS) is 12.8. The molecule has 0 saturated heterocycles. The third-order valence-corrected chi connectivity index (χ3v) is 7.84. The molecule has 2 aromatic rings. The molecule has 8 heteroatoms. The number of aryl methyl sites for hydroxylation is 3. The first kappa shape index (κ1) is 35.2. The lowest BCUT2D eigenvalue weighted by Crippen LogP contribution is -2.52. The van der Waals surface area contributed by atoms with Crippen LogP contribution in [0, 0.1) is 20.8 Å². The van der Waals surface area contributed by atoms with Crippen LogP contribution in [0.4, 0.5) is 10.5 Å². The number of hydrogen-bond donors (Lipinski definition) is 2. The predicted octanol–water partition coefficient (Wildman–Crippen LogP) is 7.74. The van der Waals surface area contributed by atoms with Gasteiger partial charge in [-0.3, -0.25) is 9.59 Å². The van der Waals surface area contributed by atoms with Gasteiger partial charge in [0.1, 0.15) is 17.7 Å². The molecule has 7 nitrogen and oxygen atoms in total. The van der Waals surface area contributed by atoms with Crippen molar-refractivity contribution < 1.29 is 19.1 Å². The Morgan fingerprint density at radius 1 is 0.929 bits per heavy atom. The number of nitrogens with one attached hydrogen (secondary N) is 2. The summed E-state index contributed by atoms with van der Waals surface area (Å²) in [7, 11) is 0. The Balaban J connectivity index is 2.56. The van der Waals surface area contributed by atoms with Crippen LogP contribution in [0.15, 0.2) is 42.5 Å². The SMILES string of the molecule is CCCCCCCN(C(=O)C(CCSC)NC(=O)OC(C)(C)C)C(C(=O)Nc1ccccc1C)c1ccc(C)c(C)c1. The topological polar surface area (TPSA) is 87.7 Å². The molecule has 2 N–H and O–H groups in total. The molecule has 0 aromatic heterocycles. The second-order valence-electron chi connectivity index (χ2n) is 12.0. The van der Waals surface area contributed by atoms with Crippen molar-refractivity contribution in [3.63, 3.8) is 0 Å². The molecule has 42 heavy (non-hydrogen) atoms. The van der Waals surface area contributed by atoms with Crippen molar-refractivity contribution >= 4 is 35.4 Å². The van der Waals surface area contributed by atoms with E-state index in [9.17, 15) is 14.4 Å². The van der Waals surface area contributed by atoms with Crippen LogP contribution in [-0.4, -0.2) is 53.0 Å². The van der Waals surface area contributed by atoms with E-state index in [0.717, 1.165) is 54.4 Å². The summed E-state index contributed by atoms with van der Waals surface area (Å²) in [5, 5.41) is 5.92. The standard InChI is InChI=1S/C34H51N3O4S/c1-9-10-11-12-15-21-37(32(39)29(20-22-42-8)36-33(40)41-34(5,6)7)30(27-19-18-24(2)26(4)23-27)31(38)35-28-17-14-13-16-25(28)3/h13-14,16-19,23,29-30H,9-12,15,20-22H2,1-8H3,(H,35,38)(H,36,40). The highest BCUT2D eigenvalue weighted by molar-refractivity contribution is 7.98. The highest BCUT2D eigenvalue weighted by atomic mass is 32.2. The number of unbranched alkanes of at least 4 members (excludes halogenated alkanes) is 4. The summed E-state index contributed by atoms with van der Waals surface area (Å²) in [4.78, 5) is 43.1. The number of para-hydroxylation sites is 1. The molecule has 0 heterocycles. The number of nitrogens with zero attached hydrogens (tertiary/aromatic N) is 1. The lowest BCUT2D eigenvalue weighted by Gasteiger charge is -2.35. The van der Waals surface area contributed by atoms with Gasteiger partial charge < -0.3 is 20.3 Å². The summed E-state index contributed by atoms with van der Waals surface area (Å²) in [6.07, 6.45) is 6.75. The van der Waals surface area contributed by atoms with Gasteiger partial charge in [0.15, 0.2) is 0 Å². The van der Waals surface area contributed by atoms with Crippen LogP contribution in [0.2, 0.25) is 0 Å². The fraction of sp³-hybridized carbons (Fsp3) is 0.559. The lowest BCUT2D eigenvalue weighted by molar-refractivity contribution is -0.141. The fourth-order valence-corrected chi connectivity index (χ4v) is 5.19. The second-order valence-corrected chi connectivity index (χ2v) is 13.0. The van der Waals surface area contributed by atoms with Crippen LogP contribution < -0.4 is 10.6 Å². The molecule has 2 unspecified atom stereocenters. The Hall–Kier alpha value is -3.00. The zero-order chi connectivity index (χ0) is 31.3. The molecular weight excluding hydrogens is 546 g/mol. The Labute approximate surface area is 257 Å². The van der Waals surface area contributed by atoms with Gasteiger partial charge in [-0.05, 0) is 94.7 Å². The number of anilines is 1. The van der Waals surface area contributed by atoms with E-state index >= 15 is 0 Å². The smallest absolute Gasteiger partial charge is 0.408 e. The number of carbonyl (C=O) groups excluding carboxylic acids is 3. The number of carbonyl (C=O) groups is 3. The van der Waals surface area contributed by atoms with Gasteiger partial charge in [0, 0.05) is 12.2 Å².